The first-order valence-electron chi connectivity index (χ1n) is 9.90. The van der Waals surface area contributed by atoms with Crippen LogP contribution >= 0.6 is 11.3 Å². The van der Waals surface area contributed by atoms with Gasteiger partial charge in [-0.1, -0.05) is 31.1 Å². The van der Waals surface area contributed by atoms with Crippen molar-refractivity contribution in [3.05, 3.63) is 18.2 Å². The molecule has 2 aliphatic rings. The molecule has 4 rings (SSSR count). The molecule has 0 bridgehead atoms. The summed E-state index contributed by atoms with van der Waals surface area (Å²) >= 11 is 1.32. The van der Waals surface area contributed by atoms with Gasteiger partial charge in [0, 0.05) is 0 Å². The van der Waals surface area contributed by atoms with Crippen LogP contribution in [0.1, 0.15) is 39.5 Å². The molecule has 2 atom stereocenters. The lowest BCUT2D eigenvalue weighted by atomic mass is 9.73. The third kappa shape index (κ3) is 3.55. The zero-order chi connectivity index (χ0) is 20.6. The molecule has 0 radical (unpaired) electrons. The van der Waals surface area contributed by atoms with Gasteiger partial charge in [0.05, 0.1) is 16.8 Å². The molecule has 9 heteroatoms. The molecule has 2 aromatic rings. The van der Waals surface area contributed by atoms with Crippen molar-refractivity contribution in [1.29, 1.82) is 0 Å². The lowest BCUT2D eigenvalue weighted by Gasteiger charge is -2.36. The van der Waals surface area contributed by atoms with Crippen LogP contribution in [0.4, 0.5) is 9.93 Å². The van der Waals surface area contributed by atoms with Gasteiger partial charge >= 0.3 is 6.03 Å². The highest BCUT2D eigenvalue weighted by molar-refractivity contribution is 7.22. The topological polar surface area (TPSA) is 101 Å². The second-order valence-corrected chi connectivity index (χ2v) is 8.60. The molecular formula is C20H24N4O4S. The van der Waals surface area contributed by atoms with Gasteiger partial charge in [-0.05, 0) is 43.9 Å². The molecule has 29 heavy (non-hydrogen) atoms. The first-order valence-corrected chi connectivity index (χ1v) is 10.7. The Morgan fingerprint density at radius 3 is 3.00 bits per heavy atom. The molecule has 0 unspecified atom stereocenters. The third-order valence-electron chi connectivity index (χ3n) is 5.72. The van der Waals surface area contributed by atoms with Crippen LogP contribution < -0.4 is 15.4 Å². The number of fused-ring (bicyclic) bond motifs is 1. The number of hydrogen-bond donors (Lipinski definition) is 2. The average molecular weight is 417 g/mol. The minimum atomic E-state index is -0.860. The molecule has 1 aliphatic carbocycles. The molecular weight excluding hydrogens is 392 g/mol. The van der Waals surface area contributed by atoms with Gasteiger partial charge in [-0.25, -0.2) is 9.78 Å². The maximum atomic E-state index is 13.0. The van der Waals surface area contributed by atoms with Crippen LogP contribution in [0.25, 0.3) is 10.2 Å². The summed E-state index contributed by atoms with van der Waals surface area (Å²) in [6, 6.07) is 5.04. The van der Waals surface area contributed by atoms with Crippen molar-refractivity contribution >= 4 is 44.5 Å². The molecule has 1 spiro atoms. The molecule has 1 aromatic carbocycles. The number of amides is 4. The Kier molecular flexibility index (Phi) is 5.16. The van der Waals surface area contributed by atoms with Gasteiger partial charge in [0.15, 0.2) is 5.13 Å². The van der Waals surface area contributed by atoms with Crippen LogP contribution in [0.15, 0.2) is 18.2 Å². The normalized spacial score (nSPS) is 24.2. The van der Waals surface area contributed by atoms with E-state index in [9.17, 15) is 14.4 Å². The van der Waals surface area contributed by atoms with E-state index in [-0.39, 0.29) is 18.4 Å². The van der Waals surface area contributed by atoms with Gasteiger partial charge in [-0.15, -0.1) is 0 Å². The van der Waals surface area contributed by atoms with E-state index in [0.717, 1.165) is 40.1 Å². The minimum Gasteiger partial charge on any atom is -0.494 e. The van der Waals surface area contributed by atoms with Crippen LogP contribution in [-0.4, -0.2) is 46.4 Å². The standard InChI is InChI=1S/C20H24N4O4S/c1-3-28-13-7-8-14-15(10-13)29-18(21-14)22-16(25)11-24-17(26)20(23-19(24)27)9-5-4-6-12(20)2/h7-8,10,12H,3-6,9,11H2,1-2H3,(H,23,27)(H,21,22,25)/t12-,20-/m0/s1. The van der Waals surface area contributed by atoms with Crippen molar-refractivity contribution < 1.29 is 19.1 Å². The smallest absolute Gasteiger partial charge is 0.325 e. The first-order chi connectivity index (χ1) is 13.9. The monoisotopic (exact) mass is 416 g/mol. The van der Waals surface area contributed by atoms with Crippen molar-refractivity contribution in [2.24, 2.45) is 5.92 Å². The Hall–Kier alpha value is -2.68. The number of carbonyl (C=O) groups excluding carboxylic acids is 3. The summed E-state index contributed by atoms with van der Waals surface area (Å²) < 4.78 is 6.37. The van der Waals surface area contributed by atoms with Crippen molar-refractivity contribution in [2.75, 3.05) is 18.5 Å². The lowest BCUT2D eigenvalue weighted by molar-refractivity contribution is -0.136. The number of aromatic nitrogens is 1. The summed E-state index contributed by atoms with van der Waals surface area (Å²) in [6.45, 7) is 4.15. The van der Waals surface area contributed by atoms with Crippen molar-refractivity contribution in [3.8, 4) is 5.75 Å². The van der Waals surface area contributed by atoms with Gasteiger partial charge in [0.1, 0.15) is 17.8 Å². The Bertz CT molecular complexity index is 975. The number of imide groups is 1. The maximum absolute atomic E-state index is 13.0. The quantitative estimate of drug-likeness (QED) is 0.730. The Labute approximate surface area is 172 Å². The van der Waals surface area contributed by atoms with E-state index in [2.05, 4.69) is 15.6 Å². The predicted octanol–water partition coefficient (Wildman–Crippen LogP) is 3.13. The summed E-state index contributed by atoms with van der Waals surface area (Å²) in [5.41, 5.74) is -0.111. The molecule has 2 fully saturated rings. The fraction of sp³-hybridized carbons (Fsp3) is 0.500. The molecule has 2 heterocycles. The van der Waals surface area contributed by atoms with E-state index < -0.39 is 17.5 Å². The van der Waals surface area contributed by atoms with Crippen LogP contribution in [0.2, 0.25) is 0 Å². The van der Waals surface area contributed by atoms with Crippen LogP contribution in [0.3, 0.4) is 0 Å². The summed E-state index contributed by atoms with van der Waals surface area (Å²) in [4.78, 5) is 43.3. The second kappa shape index (κ2) is 7.62. The summed E-state index contributed by atoms with van der Waals surface area (Å²) in [6.07, 6.45) is 3.46. The molecule has 4 amide bonds. The molecule has 1 saturated heterocycles. The first kappa shape index (κ1) is 19.6. The summed E-state index contributed by atoms with van der Waals surface area (Å²) in [5.74, 6) is 0.0610. The number of ether oxygens (including phenoxy) is 1. The number of anilines is 1. The average Bonchev–Trinajstić information content (AvgIpc) is 3.18. The zero-order valence-electron chi connectivity index (χ0n) is 16.5. The van der Waals surface area contributed by atoms with E-state index >= 15 is 0 Å². The number of rotatable bonds is 5. The van der Waals surface area contributed by atoms with Crippen molar-refractivity contribution in [1.82, 2.24) is 15.2 Å². The van der Waals surface area contributed by atoms with Gasteiger partial charge in [-0.2, -0.15) is 0 Å². The van der Waals surface area contributed by atoms with Crippen LogP contribution in [0.5, 0.6) is 5.75 Å². The maximum Gasteiger partial charge on any atom is 0.325 e. The zero-order valence-corrected chi connectivity index (χ0v) is 17.3. The molecule has 1 aromatic heterocycles. The van der Waals surface area contributed by atoms with Gasteiger partial charge in [-0.3, -0.25) is 14.5 Å². The largest absolute Gasteiger partial charge is 0.494 e. The van der Waals surface area contributed by atoms with Crippen LogP contribution in [0, 0.1) is 5.92 Å². The number of urea groups is 1. The van der Waals surface area contributed by atoms with E-state index in [1.807, 2.05) is 32.0 Å². The third-order valence-corrected chi connectivity index (χ3v) is 6.65. The number of hydrogen-bond acceptors (Lipinski definition) is 6. The Morgan fingerprint density at radius 1 is 1.41 bits per heavy atom. The van der Waals surface area contributed by atoms with E-state index in [1.54, 1.807) is 0 Å². The predicted molar refractivity (Wildman–Crippen MR) is 110 cm³/mol. The van der Waals surface area contributed by atoms with Gasteiger partial charge < -0.3 is 15.4 Å². The van der Waals surface area contributed by atoms with E-state index in [4.69, 9.17) is 4.74 Å². The van der Waals surface area contributed by atoms with Crippen molar-refractivity contribution in [2.45, 2.75) is 45.1 Å². The molecule has 1 saturated carbocycles. The van der Waals surface area contributed by atoms with Crippen LogP contribution in [-0.2, 0) is 9.59 Å². The molecule has 154 valence electrons. The number of carbonyl (C=O) groups is 3. The Balaban J connectivity index is 1.45. The number of nitrogens with one attached hydrogen (secondary N) is 2. The highest BCUT2D eigenvalue weighted by Gasteiger charge is 2.55. The fourth-order valence-corrected chi connectivity index (χ4v) is 5.07. The summed E-state index contributed by atoms with van der Waals surface area (Å²) in [7, 11) is 0. The van der Waals surface area contributed by atoms with E-state index in [1.165, 1.54) is 11.3 Å². The van der Waals surface area contributed by atoms with Crippen molar-refractivity contribution in [3.63, 3.8) is 0 Å². The SMILES string of the molecule is CCOc1ccc2nc(NC(=O)CN3C(=O)N[C@]4(CCCC[C@@H]4C)C3=O)sc2c1. The van der Waals surface area contributed by atoms with Gasteiger partial charge in [0.2, 0.25) is 5.91 Å². The van der Waals surface area contributed by atoms with E-state index in [0.29, 0.717) is 18.2 Å². The highest BCUT2D eigenvalue weighted by Crippen LogP contribution is 2.38. The lowest BCUT2D eigenvalue weighted by Crippen LogP contribution is -2.54. The second-order valence-electron chi connectivity index (χ2n) is 7.57. The number of benzene rings is 1. The molecule has 8 nitrogen and oxygen atoms in total. The minimum absolute atomic E-state index is 0.0598. The van der Waals surface area contributed by atoms with Gasteiger partial charge in [0.25, 0.3) is 5.91 Å². The Morgan fingerprint density at radius 2 is 2.24 bits per heavy atom. The number of nitrogens with zero attached hydrogens (tertiary/aromatic N) is 2. The molecule has 2 N–H and O–H groups in total. The fourth-order valence-electron chi connectivity index (χ4n) is 4.16. The summed E-state index contributed by atoms with van der Waals surface area (Å²) in [5, 5.41) is 5.99. The number of thiazole rings is 1. The molecule has 1 aliphatic heterocycles. The highest BCUT2D eigenvalue weighted by atomic mass is 32.1.